The number of fused-ring (bicyclic) bond motifs is 3. The van der Waals surface area contributed by atoms with Crippen molar-refractivity contribution < 1.29 is 14.0 Å². The third-order valence-electron chi connectivity index (χ3n) is 7.12. The highest BCUT2D eigenvalue weighted by Crippen LogP contribution is 2.37. The molecule has 1 aromatic heterocycles. The van der Waals surface area contributed by atoms with E-state index in [2.05, 4.69) is 5.10 Å². The molecule has 0 spiro atoms. The Bertz CT molecular complexity index is 1200. The van der Waals surface area contributed by atoms with E-state index in [4.69, 9.17) is 0 Å². The molecular formula is C24H24FN5O2. The second kappa shape index (κ2) is 7.32. The van der Waals surface area contributed by atoms with Crippen LogP contribution in [0.5, 0.6) is 0 Å². The fraction of sp³-hybridized carbons (Fsp3) is 0.375. The van der Waals surface area contributed by atoms with Crippen molar-refractivity contribution in [2.24, 2.45) is 0 Å². The van der Waals surface area contributed by atoms with Crippen molar-refractivity contribution in [2.45, 2.75) is 37.8 Å². The van der Waals surface area contributed by atoms with E-state index in [1.807, 2.05) is 23.1 Å². The summed E-state index contributed by atoms with van der Waals surface area (Å²) in [5.41, 5.74) is 1.81. The Labute approximate surface area is 185 Å². The van der Waals surface area contributed by atoms with E-state index >= 15 is 0 Å². The molecule has 0 radical (unpaired) electrons. The van der Waals surface area contributed by atoms with Crippen LogP contribution in [0.2, 0.25) is 0 Å². The predicted molar refractivity (Wildman–Crippen MR) is 118 cm³/mol. The highest BCUT2D eigenvalue weighted by atomic mass is 19.1. The molecule has 8 heteroatoms. The molecule has 2 aromatic carbocycles. The number of rotatable bonds is 4. The van der Waals surface area contributed by atoms with Crippen molar-refractivity contribution in [2.75, 3.05) is 24.5 Å². The van der Waals surface area contributed by atoms with Gasteiger partial charge in [0.25, 0.3) is 0 Å². The highest BCUT2D eigenvalue weighted by Gasteiger charge is 2.43. The number of hydrogen-bond acceptors (Lipinski definition) is 3. The van der Waals surface area contributed by atoms with Gasteiger partial charge in [0.1, 0.15) is 18.0 Å². The van der Waals surface area contributed by atoms with Crippen molar-refractivity contribution in [3.8, 4) is 5.69 Å². The standard InChI is InChI=1S/C24H24FN5O2/c25-19-4-1-2-5-22(19)30-21-7-3-6-20(18(21)14-26-30)28-13-12-27(24(28)32)15-23(31)29-16-8-9-17(29)11-10-16/h1-7,14,16-17H,8-13,15H2. The van der Waals surface area contributed by atoms with E-state index in [0.29, 0.717) is 30.9 Å². The number of amides is 3. The zero-order valence-corrected chi connectivity index (χ0v) is 17.7. The Morgan fingerprint density at radius 3 is 2.44 bits per heavy atom. The molecule has 3 fully saturated rings. The van der Waals surface area contributed by atoms with Crippen LogP contribution in [0.4, 0.5) is 14.9 Å². The number of aromatic nitrogens is 2. The molecule has 3 aromatic rings. The molecule has 0 atom stereocenters. The maximum absolute atomic E-state index is 14.3. The van der Waals surface area contributed by atoms with E-state index in [1.165, 1.54) is 6.07 Å². The number of carbonyl (C=O) groups excluding carboxylic acids is 2. The van der Waals surface area contributed by atoms with Crippen molar-refractivity contribution in [3.63, 3.8) is 0 Å². The Kier molecular flexibility index (Phi) is 4.41. The first kappa shape index (κ1) is 19.3. The van der Waals surface area contributed by atoms with Gasteiger partial charge in [-0.15, -0.1) is 0 Å². The Morgan fingerprint density at radius 1 is 0.969 bits per heavy atom. The molecule has 3 aliphatic rings. The predicted octanol–water partition coefficient (Wildman–Crippen LogP) is 3.56. The minimum atomic E-state index is -0.360. The molecule has 3 saturated heterocycles. The van der Waals surface area contributed by atoms with Gasteiger partial charge in [-0.2, -0.15) is 5.10 Å². The van der Waals surface area contributed by atoms with Gasteiger partial charge in [-0.3, -0.25) is 9.69 Å². The van der Waals surface area contributed by atoms with Crippen LogP contribution in [0.1, 0.15) is 25.7 Å². The third kappa shape index (κ3) is 2.89. The second-order valence-electron chi connectivity index (χ2n) is 8.84. The molecule has 3 aliphatic heterocycles. The van der Waals surface area contributed by atoms with Crippen molar-refractivity contribution in [1.29, 1.82) is 0 Å². The lowest BCUT2D eigenvalue weighted by atomic mass is 10.0. The fourth-order valence-corrected chi connectivity index (χ4v) is 5.60. The highest BCUT2D eigenvalue weighted by molar-refractivity contribution is 6.04. The summed E-state index contributed by atoms with van der Waals surface area (Å²) in [7, 11) is 0. The molecule has 7 nitrogen and oxygen atoms in total. The summed E-state index contributed by atoms with van der Waals surface area (Å²) in [4.78, 5) is 31.5. The number of hydrogen-bond donors (Lipinski definition) is 0. The molecule has 4 heterocycles. The van der Waals surface area contributed by atoms with E-state index in [9.17, 15) is 14.0 Å². The van der Waals surface area contributed by atoms with Crippen LogP contribution < -0.4 is 4.90 Å². The first-order valence-corrected chi connectivity index (χ1v) is 11.2. The minimum absolute atomic E-state index is 0.0655. The summed E-state index contributed by atoms with van der Waals surface area (Å²) >= 11 is 0. The molecule has 164 valence electrons. The fourth-order valence-electron chi connectivity index (χ4n) is 5.60. The summed E-state index contributed by atoms with van der Waals surface area (Å²) in [6.07, 6.45) is 6.02. The lowest BCUT2D eigenvalue weighted by molar-refractivity contribution is -0.132. The van der Waals surface area contributed by atoms with Crippen LogP contribution in [-0.2, 0) is 4.79 Å². The zero-order chi connectivity index (χ0) is 21.8. The van der Waals surface area contributed by atoms with E-state index in [-0.39, 0.29) is 24.3 Å². The van der Waals surface area contributed by atoms with Crippen LogP contribution >= 0.6 is 0 Å². The molecule has 3 amide bonds. The van der Waals surface area contributed by atoms with E-state index < -0.39 is 0 Å². The number of anilines is 1. The summed E-state index contributed by atoms with van der Waals surface area (Å²) < 4.78 is 15.9. The number of nitrogens with zero attached hydrogens (tertiary/aromatic N) is 5. The normalized spacial score (nSPS) is 22.5. The number of carbonyl (C=O) groups is 2. The molecule has 2 bridgehead atoms. The molecular weight excluding hydrogens is 409 g/mol. The largest absolute Gasteiger partial charge is 0.335 e. The van der Waals surface area contributed by atoms with Crippen molar-refractivity contribution in [3.05, 3.63) is 54.5 Å². The molecule has 0 saturated carbocycles. The van der Waals surface area contributed by atoms with E-state index in [0.717, 1.165) is 42.3 Å². The summed E-state index contributed by atoms with van der Waals surface area (Å²) in [5, 5.41) is 5.16. The van der Waals surface area contributed by atoms with E-state index in [1.54, 1.807) is 38.9 Å². The zero-order valence-electron chi connectivity index (χ0n) is 17.7. The Morgan fingerprint density at radius 2 is 1.69 bits per heavy atom. The van der Waals surface area contributed by atoms with Crippen LogP contribution in [0, 0.1) is 5.82 Å². The second-order valence-corrected chi connectivity index (χ2v) is 8.84. The quantitative estimate of drug-likeness (QED) is 0.632. The maximum atomic E-state index is 14.3. The van der Waals surface area contributed by atoms with Gasteiger partial charge in [-0.05, 0) is 49.9 Å². The summed E-state index contributed by atoms with van der Waals surface area (Å²) in [6.45, 7) is 1.14. The van der Waals surface area contributed by atoms with Gasteiger partial charge in [-0.25, -0.2) is 13.9 Å². The van der Waals surface area contributed by atoms with Gasteiger partial charge in [0, 0.05) is 30.6 Å². The SMILES string of the molecule is O=C1N(CC(=O)N2C3CCC2CC3)CCN1c1cccc2c1cnn2-c1ccccc1F. The smallest absolute Gasteiger partial charge is 0.325 e. The Hall–Kier alpha value is -3.42. The summed E-state index contributed by atoms with van der Waals surface area (Å²) in [6, 6.07) is 12.6. The summed E-state index contributed by atoms with van der Waals surface area (Å²) in [5.74, 6) is -0.295. The monoisotopic (exact) mass is 433 g/mol. The van der Waals surface area contributed by atoms with Crippen LogP contribution in [0.3, 0.4) is 0 Å². The number of urea groups is 1. The lowest BCUT2D eigenvalue weighted by Gasteiger charge is -2.25. The van der Waals surface area contributed by atoms with Crippen molar-refractivity contribution in [1.82, 2.24) is 19.6 Å². The molecule has 0 N–H and O–H groups in total. The lowest BCUT2D eigenvalue weighted by Crippen LogP contribution is -2.44. The molecule has 0 unspecified atom stereocenters. The van der Waals surface area contributed by atoms with Crippen LogP contribution in [0.15, 0.2) is 48.7 Å². The topological polar surface area (TPSA) is 61.7 Å². The molecule has 6 rings (SSSR count). The van der Waals surface area contributed by atoms with Gasteiger partial charge in [0.05, 0.1) is 17.4 Å². The van der Waals surface area contributed by atoms with Gasteiger partial charge in [0.2, 0.25) is 5.91 Å². The number of benzene rings is 2. The van der Waals surface area contributed by atoms with Gasteiger partial charge in [-0.1, -0.05) is 18.2 Å². The Balaban J connectivity index is 1.26. The number of halogens is 1. The molecule has 32 heavy (non-hydrogen) atoms. The average molecular weight is 433 g/mol. The van der Waals surface area contributed by atoms with Gasteiger partial charge in [0.15, 0.2) is 0 Å². The van der Waals surface area contributed by atoms with Gasteiger partial charge < -0.3 is 9.80 Å². The minimum Gasteiger partial charge on any atom is -0.335 e. The first-order chi connectivity index (χ1) is 15.6. The van der Waals surface area contributed by atoms with Crippen molar-refractivity contribution >= 4 is 28.5 Å². The number of para-hydroxylation sites is 1. The third-order valence-corrected chi connectivity index (χ3v) is 7.12. The van der Waals surface area contributed by atoms with Gasteiger partial charge >= 0.3 is 6.03 Å². The molecule has 0 aliphatic carbocycles. The van der Waals surface area contributed by atoms with Crippen LogP contribution in [0.25, 0.3) is 16.6 Å². The average Bonchev–Trinajstić information content (AvgIpc) is 3.58. The van der Waals surface area contributed by atoms with Crippen LogP contribution in [-0.4, -0.2) is 63.2 Å². The first-order valence-electron chi connectivity index (χ1n) is 11.2. The maximum Gasteiger partial charge on any atom is 0.325 e.